The van der Waals surface area contributed by atoms with Crippen LogP contribution in [-0.2, 0) is 9.53 Å². The molecule has 0 saturated carbocycles. The molecule has 1 atom stereocenters. The van der Waals surface area contributed by atoms with Gasteiger partial charge in [-0.2, -0.15) is 0 Å². The van der Waals surface area contributed by atoms with Crippen molar-refractivity contribution in [2.45, 2.75) is 65.0 Å². The molecule has 4 nitrogen and oxygen atoms in total. The third-order valence-corrected chi connectivity index (χ3v) is 2.75. The summed E-state index contributed by atoms with van der Waals surface area (Å²) >= 11 is 0. The Morgan fingerprint density at radius 1 is 1.50 bits per heavy atom. The molecule has 0 radical (unpaired) electrons. The summed E-state index contributed by atoms with van der Waals surface area (Å²) in [5.41, 5.74) is -0.512. The van der Waals surface area contributed by atoms with Crippen molar-refractivity contribution in [3.63, 3.8) is 0 Å². The third-order valence-electron chi connectivity index (χ3n) is 2.75. The minimum atomic E-state index is -0.512. The molecule has 1 heterocycles. The average Bonchev–Trinajstić information content (AvgIpc) is 2.23. The predicted octanol–water partition coefficient (Wildman–Crippen LogP) is 3.27. The summed E-state index contributed by atoms with van der Waals surface area (Å²) in [5.74, 6) is 0.0795. The summed E-state index contributed by atoms with van der Waals surface area (Å²) in [6.07, 6.45) is 5.93. The van der Waals surface area contributed by atoms with Gasteiger partial charge in [0.25, 0.3) is 0 Å². The van der Waals surface area contributed by atoms with Gasteiger partial charge in [-0.25, -0.2) is 4.79 Å². The van der Waals surface area contributed by atoms with Gasteiger partial charge in [-0.05, 0) is 33.3 Å². The highest BCUT2D eigenvalue weighted by molar-refractivity contribution is 5.92. The van der Waals surface area contributed by atoms with Gasteiger partial charge in [0.1, 0.15) is 5.60 Å². The zero-order chi connectivity index (χ0) is 13.8. The maximum absolute atomic E-state index is 12.0. The first-order chi connectivity index (χ1) is 8.33. The van der Waals surface area contributed by atoms with Crippen LogP contribution in [-0.4, -0.2) is 28.4 Å². The fourth-order valence-corrected chi connectivity index (χ4v) is 1.89. The van der Waals surface area contributed by atoms with Crippen molar-refractivity contribution >= 4 is 11.9 Å². The van der Waals surface area contributed by atoms with E-state index in [1.54, 1.807) is 11.1 Å². The van der Waals surface area contributed by atoms with E-state index in [-0.39, 0.29) is 17.9 Å². The normalized spacial score (nSPS) is 20.1. The Bertz CT molecular complexity index is 341. The maximum Gasteiger partial charge on any atom is 0.414 e. The highest BCUT2D eigenvalue weighted by atomic mass is 16.6. The molecule has 0 saturated heterocycles. The SMILES string of the molecule is CCCCC1CC(=O)C=CN1C(=O)OC(C)(C)C. The zero-order valence-electron chi connectivity index (χ0n) is 11.7. The van der Waals surface area contributed by atoms with Crippen LogP contribution in [0.2, 0.25) is 0 Å². The van der Waals surface area contributed by atoms with Crippen molar-refractivity contribution < 1.29 is 14.3 Å². The molecule has 0 N–H and O–H groups in total. The molecule has 102 valence electrons. The Hall–Kier alpha value is -1.32. The van der Waals surface area contributed by atoms with E-state index in [1.165, 1.54) is 6.08 Å². The lowest BCUT2D eigenvalue weighted by Gasteiger charge is -2.32. The fourth-order valence-electron chi connectivity index (χ4n) is 1.89. The highest BCUT2D eigenvalue weighted by Crippen LogP contribution is 2.21. The molecule has 1 amide bonds. The van der Waals surface area contributed by atoms with E-state index < -0.39 is 5.60 Å². The van der Waals surface area contributed by atoms with Crippen molar-refractivity contribution in [3.05, 3.63) is 12.3 Å². The number of carbonyl (C=O) groups excluding carboxylic acids is 2. The second-order valence-electron chi connectivity index (χ2n) is 5.67. The van der Waals surface area contributed by atoms with E-state index in [0.717, 1.165) is 19.3 Å². The Labute approximate surface area is 109 Å². The van der Waals surface area contributed by atoms with Gasteiger partial charge in [0.05, 0.1) is 0 Å². The number of carbonyl (C=O) groups is 2. The second-order valence-corrected chi connectivity index (χ2v) is 5.67. The largest absolute Gasteiger partial charge is 0.443 e. The van der Waals surface area contributed by atoms with E-state index in [4.69, 9.17) is 4.74 Å². The Morgan fingerprint density at radius 3 is 2.72 bits per heavy atom. The van der Waals surface area contributed by atoms with E-state index in [9.17, 15) is 9.59 Å². The van der Waals surface area contributed by atoms with E-state index in [1.807, 2.05) is 20.8 Å². The van der Waals surface area contributed by atoms with Crippen molar-refractivity contribution in [1.82, 2.24) is 4.90 Å². The molecule has 1 unspecified atom stereocenters. The van der Waals surface area contributed by atoms with Crippen LogP contribution in [0.15, 0.2) is 12.3 Å². The molecular weight excluding hydrogens is 230 g/mol. The monoisotopic (exact) mass is 253 g/mol. The molecule has 1 aliphatic rings. The molecule has 4 heteroatoms. The predicted molar refractivity (Wildman–Crippen MR) is 70.2 cm³/mol. The molecule has 1 rings (SSSR count). The number of amides is 1. The molecule has 18 heavy (non-hydrogen) atoms. The van der Waals surface area contributed by atoms with Crippen LogP contribution in [0.3, 0.4) is 0 Å². The number of hydrogen-bond acceptors (Lipinski definition) is 3. The van der Waals surface area contributed by atoms with E-state index in [2.05, 4.69) is 6.92 Å². The third kappa shape index (κ3) is 4.51. The van der Waals surface area contributed by atoms with Crippen LogP contribution < -0.4 is 0 Å². The standard InChI is InChI=1S/C14H23NO3/c1-5-6-7-11-10-12(16)8-9-15(11)13(17)18-14(2,3)4/h8-9,11H,5-7,10H2,1-4H3. The van der Waals surface area contributed by atoms with Crippen molar-refractivity contribution in [1.29, 1.82) is 0 Å². The summed E-state index contributed by atoms with van der Waals surface area (Å²) in [6, 6.07) is -0.0581. The minimum absolute atomic E-state index is 0.0581. The summed E-state index contributed by atoms with van der Waals surface area (Å²) in [6.45, 7) is 7.61. The Kier molecular flexibility index (Phi) is 4.93. The van der Waals surface area contributed by atoms with Gasteiger partial charge < -0.3 is 4.74 Å². The van der Waals surface area contributed by atoms with Crippen LogP contribution in [0.25, 0.3) is 0 Å². The van der Waals surface area contributed by atoms with E-state index in [0.29, 0.717) is 6.42 Å². The smallest absolute Gasteiger partial charge is 0.414 e. The number of allylic oxidation sites excluding steroid dienone is 1. The first-order valence-corrected chi connectivity index (χ1v) is 6.56. The molecule has 0 aliphatic carbocycles. The summed E-state index contributed by atoms with van der Waals surface area (Å²) < 4.78 is 5.35. The molecule has 0 fully saturated rings. The Morgan fingerprint density at radius 2 is 2.17 bits per heavy atom. The van der Waals surface area contributed by atoms with Gasteiger partial charge in [-0.3, -0.25) is 9.69 Å². The average molecular weight is 253 g/mol. The van der Waals surface area contributed by atoms with Gasteiger partial charge in [-0.1, -0.05) is 19.8 Å². The van der Waals surface area contributed by atoms with Gasteiger partial charge in [0.15, 0.2) is 5.78 Å². The molecule has 1 aliphatic heterocycles. The number of ether oxygens (including phenoxy) is 1. The lowest BCUT2D eigenvalue weighted by Crippen LogP contribution is -2.42. The lowest BCUT2D eigenvalue weighted by atomic mass is 10.0. The maximum atomic E-state index is 12.0. The number of rotatable bonds is 3. The first-order valence-electron chi connectivity index (χ1n) is 6.56. The summed E-state index contributed by atoms with van der Waals surface area (Å²) in [4.78, 5) is 25.0. The summed E-state index contributed by atoms with van der Waals surface area (Å²) in [7, 11) is 0. The van der Waals surface area contributed by atoms with Crippen LogP contribution in [0.4, 0.5) is 4.79 Å². The topological polar surface area (TPSA) is 46.6 Å². The molecular formula is C14H23NO3. The van der Waals surface area contributed by atoms with Crippen molar-refractivity contribution in [2.75, 3.05) is 0 Å². The lowest BCUT2D eigenvalue weighted by molar-refractivity contribution is -0.116. The van der Waals surface area contributed by atoms with Gasteiger partial charge >= 0.3 is 6.09 Å². The molecule has 0 spiro atoms. The van der Waals surface area contributed by atoms with Crippen molar-refractivity contribution in [2.24, 2.45) is 0 Å². The highest BCUT2D eigenvalue weighted by Gasteiger charge is 2.30. The fraction of sp³-hybridized carbons (Fsp3) is 0.714. The quantitative estimate of drug-likeness (QED) is 0.775. The zero-order valence-corrected chi connectivity index (χ0v) is 11.7. The minimum Gasteiger partial charge on any atom is -0.443 e. The first kappa shape index (κ1) is 14.7. The number of ketones is 1. The van der Waals surface area contributed by atoms with Gasteiger partial charge in [0, 0.05) is 18.7 Å². The molecule has 0 aromatic heterocycles. The molecule has 0 aromatic carbocycles. The number of hydrogen-bond donors (Lipinski definition) is 0. The molecule has 0 bridgehead atoms. The number of nitrogens with zero attached hydrogens (tertiary/aromatic N) is 1. The second kappa shape index (κ2) is 6.03. The molecule has 0 aromatic rings. The van der Waals surface area contributed by atoms with Crippen molar-refractivity contribution in [3.8, 4) is 0 Å². The summed E-state index contributed by atoms with van der Waals surface area (Å²) in [5, 5.41) is 0. The van der Waals surface area contributed by atoms with Gasteiger partial charge in [0.2, 0.25) is 0 Å². The van der Waals surface area contributed by atoms with Crippen LogP contribution in [0.1, 0.15) is 53.4 Å². The van der Waals surface area contributed by atoms with Gasteiger partial charge in [-0.15, -0.1) is 0 Å². The van der Waals surface area contributed by atoms with Crippen LogP contribution in [0.5, 0.6) is 0 Å². The van der Waals surface area contributed by atoms with Crippen LogP contribution in [0, 0.1) is 0 Å². The van der Waals surface area contributed by atoms with E-state index >= 15 is 0 Å². The Balaban J connectivity index is 2.72. The van der Waals surface area contributed by atoms with Crippen LogP contribution >= 0.6 is 0 Å². The number of unbranched alkanes of at least 4 members (excludes halogenated alkanes) is 1.